The van der Waals surface area contributed by atoms with Gasteiger partial charge in [-0.05, 0) is 43.3 Å². The van der Waals surface area contributed by atoms with Crippen molar-refractivity contribution in [1.29, 1.82) is 0 Å². The molecule has 0 radical (unpaired) electrons. The van der Waals surface area contributed by atoms with Gasteiger partial charge >= 0.3 is 5.97 Å². The quantitative estimate of drug-likeness (QED) is 0.503. The van der Waals surface area contributed by atoms with Crippen molar-refractivity contribution in [3.63, 3.8) is 0 Å². The lowest BCUT2D eigenvalue weighted by Crippen LogP contribution is -2.07. The van der Waals surface area contributed by atoms with Crippen molar-refractivity contribution in [3.05, 3.63) is 52.8 Å². The molecule has 0 saturated carbocycles. The van der Waals surface area contributed by atoms with Crippen molar-refractivity contribution in [2.75, 3.05) is 20.8 Å². The zero-order valence-corrected chi connectivity index (χ0v) is 16.9. The second-order valence-corrected chi connectivity index (χ2v) is 6.15. The summed E-state index contributed by atoms with van der Waals surface area (Å²) in [5.74, 6) is 1.36. The average molecular weight is 419 g/mol. The van der Waals surface area contributed by atoms with Crippen LogP contribution in [0.1, 0.15) is 23.1 Å². The summed E-state index contributed by atoms with van der Waals surface area (Å²) in [5.41, 5.74) is 0.938. The highest BCUT2D eigenvalue weighted by Crippen LogP contribution is 2.36. The summed E-state index contributed by atoms with van der Waals surface area (Å²) in [6.07, 6.45) is 0. The van der Waals surface area contributed by atoms with Gasteiger partial charge in [0.1, 0.15) is 5.75 Å². The molecular weight excluding hydrogens is 400 g/mol. The normalized spacial score (nSPS) is 10.5. The molecule has 0 fully saturated rings. The lowest BCUT2D eigenvalue weighted by molar-refractivity contribution is 0.0459. The number of ether oxygens (including phenoxy) is 4. The summed E-state index contributed by atoms with van der Waals surface area (Å²) in [4.78, 5) is 16.6. The number of methoxy groups -OCH3 is 2. The van der Waals surface area contributed by atoms with E-state index < -0.39 is 5.97 Å². The molecular formula is C20H19ClN2O6. The molecule has 0 unspecified atom stereocenters. The Morgan fingerprint density at radius 2 is 1.90 bits per heavy atom. The molecule has 3 aromatic rings. The molecule has 0 spiro atoms. The van der Waals surface area contributed by atoms with Gasteiger partial charge in [0.15, 0.2) is 18.1 Å². The monoisotopic (exact) mass is 418 g/mol. The Balaban J connectivity index is 1.68. The van der Waals surface area contributed by atoms with Gasteiger partial charge < -0.3 is 23.5 Å². The van der Waals surface area contributed by atoms with E-state index in [1.54, 1.807) is 31.4 Å². The number of nitrogens with zero attached hydrogens (tertiary/aromatic N) is 2. The Labute approximate surface area is 172 Å². The first-order valence-electron chi connectivity index (χ1n) is 8.70. The van der Waals surface area contributed by atoms with Crippen LogP contribution in [-0.2, 0) is 11.3 Å². The Hall–Kier alpha value is -3.26. The van der Waals surface area contributed by atoms with Crippen LogP contribution < -0.4 is 14.2 Å². The van der Waals surface area contributed by atoms with E-state index in [9.17, 15) is 4.79 Å². The first kappa shape index (κ1) is 20.5. The molecule has 9 heteroatoms. The average Bonchev–Trinajstić information content (AvgIpc) is 3.22. The minimum absolute atomic E-state index is 0.161. The third-order valence-corrected chi connectivity index (χ3v) is 4.17. The minimum atomic E-state index is -0.607. The van der Waals surface area contributed by atoms with Gasteiger partial charge in [0.25, 0.3) is 5.89 Å². The molecule has 2 aromatic carbocycles. The van der Waals surface area contributed by atoms with E-state index in [0.29, 0.717) is 29.7 Å². The molecule has 0 aliphatic carbocycles. The van der Waals surface area contributed by atoms with Crippen LogP contribution in [0.4, 0.5) is 0 Å². The van der Waals surface area contributed by atoms with Crippen LogP contribution in [0.3, 0.4) is 0 Å². The summed E-state index contributed by atoms with van der Waals surface area (Å²) >= 11 is 6.18. The maximum atomic E-state index is 12.4. The Kier molecular flexibility index (Phi) is 6.56. The molecule has 0 N–H and O–H groups in total. The molecule has 0 aliphatic rings. The number of rotatable bonds is 8. The van der Waals surface area contributed by atoms with Crippen molar-refractivity contribution in [1.82, 2.24) is 10.1 Å². The zero-order chi connectivity index (χ0) is 20.8. The highest BCUT2D eigenvalue weighted by Gasteiger charge is 2.18. The molecule has 0 bridgehead atoms. The fourth-order valence-corrected chi connectivity index (χ4v) is 2.76. The third kappa shape index (κ3) is 4.78. The summed E-state index contributed by atoms with van der Waals surface area (Å²) < 4.78 is 26.2. The van der Waals surface area contributed by atoms with Gasteiger partial charge in [-0.2, -0.15) is 4.98 Å². The van der Waals surface area contributed by atoms with Crippen molar-refractivity contribution in [2.24, 2.45) is 0 Å². The van der Waals surface area contributed by atoms with Crippen molar-refractivity contribution in [3.8, 4) is 28.7 Å². The van der Waals surface area contributed by atoms with E-state index in [1.807, 2.05) is 6.92 Å². The summed E-state index contributed by atoms with van der Waals surface area (Å²) in [5, 5.41) is 4.07. The van der Waals surface area contributed by atoms with E-state index >= 15 is 0 Å². The molecule has 0 atom stereocenters. The summed E-state index contributed by atoms with van der Waals surface area (Å²) in [6, 6.07) is 10.1. The number of carbonyl (C=O) groups is 1. The first-order valence-corrected chi connectivity index (χ1v) is 9.08. The van der Waals surface area contributed by atoms with Crippen LogP contribution >= 0.6 is 11.6 Å². The number of halogens is 1. The summed E-state index contributed by atoms with van der Waals surface area (Å²) in [6.45, 7) is 2.07. The fraction of sp³-hybridized carbons (Fsp3) is 0.250. The van der Waals surface area contributed by atoms with E-state index in [0.717, 1.165) is 5.56 Å². The van der Waals surface area contributed by atoms with E-state index in [4.69, 9.17) is 35.1 Å². The van der Waals surface area contributed by atoms with Gasteiger partial charge in [-0.3, -0.25) is 0 Å². The number of aromatic nitrogens is 2. The Bertz CT molecular complexity index is 987. The molecule has 8 nitrogen and oxygen atoms in total. The molecule has 0 saturated heterocycles. The molecule has 0 amide bonds. The molecule has 152 valence electrons. The van der Waals surface area contributed by atoms with Gasteiger partial charge in [0, 0.05) is 5.56 Å². The SMILES string of the molecule is CCOc1c(Cl)cc(C(=O)OCc2noc(-c3ccc(OC)cc3)n2)cc1OC. The Morgan fingerprint density at radius 1 is 1.14 bits per heavy atom. The minimum Gasteiger partial charge on any atom is -0.497 e. The number of esters is 1. The van der Waals surface area contributed by atoms with Crippen LogP contribution in [0.2, 0.25) is 5.02 Å². The topological polar surface area (TPSA) is 92.9 Å². The predicted octanol–water partition coefficient (Wildman–Crippen LogP) is 4.16. The van der Waals surface area contributed by atoms with Gasteiger partial charge in [0.2, 0.25) is 5.82 Å². The van der Waals surface area contributed by atoms with Crippen molar-refractivity contribution < 1.29 is 28.3 Å². The fourth-order valence-electron chi connectivity index (χ4n) is 2.50. The highest BCUT2D eigenvalue weighted by molar-refractivity contribution is 6.32. The van der Waals surface area contributed by atoms with E-state index in [2.05, 4.69) is 10.1 Å². The number of benzene rings is 2. The lowest BCUT2D eigenvalue weighted by Gasteiger charge is -2.12. The van der Waals surface area contributed by atoms with Gasteiger partial charge in [-0.1, -0.05) is 16.8 Å². The number of carbonyl (C=O) groups excluding carboxylic acids is 1. The lowest BCUT2D eigenvalue weighted by atomic mass is 10.2. The zero-order valence-electron chi connectivity index (χ0n) is 16.1. The predicted molar refractivity (Wildman–Crippen MR) is 105 cm³/mol. The van der Waals surface area contributed by atoms with Crippen LogP contribution in [0.25, 0.3) is 11.5 Å². The maximum absolute atomic E-state index is 12.4. The second-order valence-electron chi connectivity index (χ2n) is 5.74. The standard InChI is InChI=1S/C20H19ClN2O6/c1-4-27-18-15(21)9-13(10-16(18)26-3)20(24)28-11-17-22-19(29-23-17)12-5-7-14(25-2)8-6-12/h5-10H,4,11H2,1-3H3. The van der Waals surface area contributed by atoms with Crippen LogP contribution in [-0.4, -0.2) is 36.9 Å². The molecule has 1 aromatic heterocycles. The van der Waals surface area contributed by atoms with Crippen LogP contribution in [0, 0.1) is 0 Å². The summed E-state index contributed by atoms with van der Waals surface area (Å²) in [7, 11) is 3.05. The molecule has 0 aliphatic heterocycles. The van der Waals surface area contributed by atoms with E-state index in [1.165, 1.54) is 19.2 Å². The number of hydrogen-bond acceptors (Lipinski definition) is 8. The van der Waals surface area contributed by atoms with Gasteiger partial charge in [-0.25, -0.2) is 4.79 Å². The smallest absolute Gasteiger partial charge is 0.338 e. The van der Waals surface area contributed by atoms with Crippen LogP contribution in [0.5, 0.6) is 17.2 Å². The molecule has 1 heterocycles. The maximum Gasteiger partial charge on any atom is 0.338 e. The van der Waals surface area contributed by atoms with Crippen LogP contribution in [0.15, 0.2) is 40.9 Å². The number of hydrogen-bond donors (Lipinski definition) is 0. The highest BCUT2D eigenvalue weighted by atomic mass is 35.5. The van der Waals surface area contributed by atoms with Crippen molar-refractivity contribution >= 4 is 17.6 Å². The van der Waals surface area contributed by atoms with Crippen molar-refractivity contribution in [2.45, 2.75) is 13.5 Å². The third-order valence-electron chi connectivity index (χ3n) is 3.89. The van der Waals surface area contributed by atoms with E-state index in [-0.39, 0.29) is 23.0 Å². The first-order chi connectivity index (χ1) is 14.0. The van der Waals surface area contributed by atoms with Gasteiger partial charge in [-0.15, -0.1) is 0 Å². The van der Waals surface area contributed by atoms with Gasteiger partial charge in [0.05, 0.1) is 31.4 Å². The second kappa shape index (κ2) is 9.29. The Morgan fingerprint density at radius 3 is 2.55 bits per heavy atom. The molecule has 29 heavy (non-hydrogen) atoms. The largest absolute Gasteiger partial charge is 0.497 e. The molecule has 3 rings (SSSR count).